The van der Waals surface area contributed by atoms with E-state index in [1.807, 2.05) is 31.2 Å². The van der Waals surface area contributed by atoms with E-state index < -0.39 is 0 Å². The third-order valence-corrected chi connectivity index (χ3v) is 9.03. The molecule has 4 aromatic rings. The number of nitrogens with zero attached hydrogens (tertiary/aromatic N) is 4. The summed E-state index contributed by atoms with van der Waals surface area (Å²) >= 11 is 0. The third-order valence-electron chi connectivity index (χ3n) is 9.03. The Labute approximate surface area is 263 Å². The van der Waals surface area contributed by atoms with E-state index in [9.17, 15) is 9.59 Å². The number of nitrogens with one attached hydrogen (secondary N) is 1. The van der Waals surface area contributed by atoms with Crippen LogP contribution in [0.5, 0.6) is 0 Å². The molecule has 1 amide bonds. The van der Waals surface area contributed by atoms with Crippen molar-refractivity contribution >= 4 is 28.8 Å². The number of benzene rings is 2. The number of ether oxygens (including phenoxy) is 1. The predicted molar refractivity (Wildman–Crippen MR) is 174 cm³/mol. The molecule has 0 radical (unpaired) electrons. The predicted octanol–water partition coefficient (Wildman–Crippen LogP) is 6.59. The Kier molecular flexibility index (Phi) is 8.96. The Morgan fingerprint density at radius 1 is 1.11 bits per heavy atom. The van der Waals surface area contributed by atoms with Gasteiger partial charge in [-0.05, 0) is 92.8 Å². The molecule has 3 heterocycles. The highest BCUT2D eigenvalue weighted by Gasteiger charge is 2.29. The van der Waals surface area contributed by atoms with Crippen molar-refractivity contribution < 1.29 is 18.7 Å². The third kappa shape index (κ3) is 6.77. The van der Waals surface area contributed by atoms with Crippen molar-refractivity contribution in [2.24, 2.45) is 5.92 Å². The van der Waals surface area contributed by atoms with Crippen LogP contribution in [0.25, 0.3) is 22.5 Å². The molecule has 1 unspecified atom stereocenters. The number of halogens is 1. The molecule has 2 fully saturated rings. The van der Waals surface area contributed by atoms with E-state index in [-0.39, 0.29) is 23.6 Å². The van der Waals surface area contributed by atoms with Gasteiger partial charge in [0.25, 0.3) is 5.91 Å². The van der Waals surface area contributed by atoms with Crippen LogP contribution in [0.3, 0.4) is 0 Å². The molecule has 1 aliphatic heterocycles. The number of methoxy groups -OCH3 is 1. The van der Waals surface area contributed by atoms with Crippen LogP contribution in [0.2, 0.25) is 0 Å². The van der Waals surface area contributed by atoms with Gasteiger partial charge < -0.3 is 15.0 Å². The van der Waals surface area contributed by atoms with Crippen molar-refractivity contribution in [2.75, 3.05) is 31.6 Å². The SMILES string of the molecule is C/C=C(/C)c1ccccc1CCNC(=O)c1cc(C2CC2)n2nc(-c3ccc(N4CCCC(CC(=O)OC)C4)cc3F)cc2n1. The Bertz CT molecular complexity index is 1760. The fourth-order valence-electron chi connectivity index (χ4n) is 6.29. The summed E-state index contributed by atoms with van der Waals surface area (Å²) in [7, 11) is 1.41. The topological polar surface area (TPSA) is 88.8 Å². The number of fused-ring (bicyclic) bond motifs is 1. The number of hydrogen-bond donors (Lipinski definition) is 1. The molecule has 1 atom stereocenters. The van der Waals surface area contributed by atoms with Gasteiger partial charge in [0.15, 0.2) is 5.65 Å². The van der Waals surface area contributed by atoms with Gasteiger partial charge in [-0.2, -0.15) is 5.10 Å². The summed E-state index contributed by atoms with van der Waals surface area (Å²) in [5, 5.41) is 7.79. The van der Waals surface area contributed by atoms with Crippen molar-refractivity contribution in [2.45, 2.75) is 58.3 Å². The number of allylic oxidation sites excluding steroid dienone is 2. The lowest BCUT2D eigenvalue weighted by Gasteiger charge is -2.34. The van der Waals surface area contributed by atoms with Crippen LogP contribution >= 0.6 is 0 Å². The van der Waals surface area contributed by atoms with Crippen LogP contribution in [0.4, 0.5) is 10.1 Å². The van der Waals surface area contributed by atoms with Gasteiger partial charge in [0.05, 0.1) is 12.8 Å². The number of carbonyl (C=O) groups is 2. The second-order valence-corrected chi connectivity index (χ2v) is 12.2. The smallest absolute Gasteiger partial charge is 0.305 e. The molecule has 2 aliphatic rings. The van der Waals surface area contributed by atoms with Crippen molar-refractivity contribution in [3.05, 3.63) is 89.0 Å². The average molecular weight is 610 g/mol. The van der Waals surface area contributed by atoms with Crippen LogP contribution in [0.1, 0.15) is 79.2 Å². The summed E-state index contributed by atoms with van der Waals surface area (Å²) in [6.45, 7) is 6.10. The van der Waals surface area contributed by atoms with Crippen LogP contribution in [0.15, 0.2) is 60.7 Å². The van der Waals surface area contributed by atoms with Crippen LogP contribution in [-0.2, 0) is 16.0 Å². The van der Waals surface area contributed by atoms with Gasteiger partial charge in [-0.25, -0.2) is 13.9 Å². The molecule has 1 aliphatic carbocycles. The standard InChI is InChI=1S/C36H40FN5O3/c1-4-23(2)28-10-6-5-9-25(28)15-16-38-36(44)32-20-33(26-11-12-26)42-34(39-32)21-31(40-42)29-14-13-27(19-30(29)37)41-17-7-8-24(22-41)18-35(43)45-3/h4-6,9-10,13-14,19-21,24,26H,7-8,11-12,15-18,22H2,1-3H3,(H,38,44)/b23-4-. The monoisotopic (exact) mass is 609 g/mol. The highest BCUT2D eigenvalue weighted by atomic mass is 19.1. The average Bonchev–Trinajstić information content (AvgIpc) is 3.82. The first-order valence-electron chi connectivity index (χ1n) is 15.9. The van der Waals surface area contributed by atoms with E-state index in [2.05, 4.69) is 40.3 Å². The molecule has 6 rings (SSSR count). The Balaban J connectivity index is 1.20. The van der Waals surface area contributed by atoms with E-state index in [0.717, 1.165) is 43.6 Å². The summed E-state index contributed by atoms with van der Waals surface area (Å²) in [5.41, 5.74) is 7.02. The number of hydrogen-bond acceptors (Lipinski definition) is 6. The molecule has 0 bridgehead atoms. The van der Waals surface area contributed by atoms with E-state index in [4.69, 9.17) is 9.84 Å². The van der Waals surface area contributed by atoms with Crippen LogP contribution in [-0.4, -0.2) is 53.2 Å². The molecule has 45 heavy (non-hydrogen) atoms. The fourth-order valence-corrected chi connectivity index (χ4v) is 6.29. The van der Waals surface area contributed by atoms with E-state index in [1.165, 1.54) is 23.8 Å². The zero-order chi connectivity index (χ0) is 31.5. The summed E-state index contributed by atoms with van der Waals surface area (Å²) < 4.78 is 22.2. The van der Waals surface area contributed by atoms with Gasteiger partial charge in [0, 0.05) is 55.0 Å². The number of rotatable bonds is 10. The van der Waals surface area contributed by atoms with Crippen molar-refractivity contribution in [1.82, 2.24) is 19.9 Å². The highest BCUT2D eigenvalue weighted by Crippen LogP contribution is 2.40. The normalized spacial score (nSPS) is 17.0. The molecule has 8 nitrogen and oxygen atoms in total. The molecule has 2 aromatic heterocycles. The second kappa shape index (κ2) is 13.2. The minimum atomic E-state index is -0.370. The lowest BCUT2D eigenvalue weighted by Crippen LogP contribution is -2.36. The van der Waals surface area contributed by atoms with Crippen LogP contribution in [0, 0.1) is 11.7 Å². The molecule has 1 saturated carbocycles. The first kappa shape index (κ1) is 30.5. The number of esters is 1. The van der Waals surface area contributed by atoms with Gasteiger partial charge in [-0.15, -0.1) is 0 Å². The van der Waals surface area contributed by atoms with Gasteiger partial charge in [-0.3, -0.25) is 9.59 Å². The number of carbonyl (C=O) groups excluding carboxylic acids is 2. The van der Waals surface area contributed by atoms with E-state index in [1.54, 1.807) is 22.7 Å². The number of aromatic nitrogens is 3. The van der Waals surface area contributed by atoms with Crippen molar-refractivity contribution in [1.29, 1.82) is 0 Å². The van der Waals surface area contributed by atoms with Gasteiger partial charge >= 0.3 is 5.97 Å². The van der Waals surface area contributed by atoms with Gasteiger partial charge in [0.2, 0.25) is 0 Å². The Morgan fingerprint density at radius 2 is 1.93 bits per heavy atom. The molecule has 1 saturated heterocycles. The lowest BCUT2D eigenvalue weighted by atomic mass is 9.94. The summed E-state index contributed by atoms with van der Waals surface area (Å²) in [5.74, 6) is -0.329. The summed E-state index contributed by atoms with van der Waals surface area (Å²) in [6, 6.07) is 17.0. The maximum absolute atomic E-state index is 15.6. The van der Waals surface area contributed by atoms with Gasteiger partial charge in [0.1, 0.15) is 11.5 Å². The Morgan fingerprint density at radius 3 is 2.69 bits per heavy atom. The maximum atomic E-state index is 15.6. The lowest BCUT2D eigenvalue weighted by molar-refractivity contribution is -0.141. The zero-order valence-corrected chi connectivity index (χ0v) is 26.2. The van der Waals surface area contributed by atoms with E-state index in [0.29, 0.717) is 54.4 Å². The molecule has 1 N–H and O–H groups in total. The largest absolute Gasteiger partial charge is 0.469 e. The van der Waals surface area contributed by atoms with E-state index >= 15 is 4.39 Å². The molecular formula is C36H40FN5O3. The zero-order valence-electron chi connectivity index (χ0n) is 26.2. The molecule has 2 aromatic carbocycles. The first-order chi connectivity index (χ1) is 21.8. The molecule has 234 valence electrons. The molecule has 9 heteroatoms. The number of piperidine rings is 1. The first-order valence-corrected chi connectivity index (χ1v) is 15.9. The van der Waals surface area contributed by atoms with Crippen molar-refractivity contribution in [3.63, 3.8) is 0 Å². The van der Waals surface area contributed by atoms with Crippen molar-refractivity contribution in [3.8, 4) is 11.3 Å². The van der Waals surface area contributed by atoms with Gasteiger partial charge in [-0.1, -0.05) is 30.3 Å². The maximum Gasteiger partial charge on any atom is 0.305 e. The Hall–Kier alpha value is -4.53. The summed E-state index contributed by atoms with van der Waals surface area (Å²) in [4.78, 5) is 31.8. The fraction of sp³-hybridized carbons (Fsp3) is 0.389. The molecular weight excluding hydrogens is 569 g/mol. The second-order valence-electron chi connectivity index (χ2n) is 12.2. The molecule has 0 spiro atoms. The number of amides is 1. The summed E-state index contributed by atoms with van der Waals surface area (Å²) in [6.07, 6.45) is 7.10. The minimum Gasteiger partial charge on any atom is -0.469 e. The quantitative estimate of drug-likeness (QED) is 0.204. The highest BCUT2D eigenvalue weighted by molar-refractivity contribution is 5.93. The van der Waals surface area contributed by atoms with Crippen LogP contribution < -0.4 is 10.2 Å². The minimum absolute atomic E-state index is 0.184. The number of anilines is 1.